The number of ether oxygens (including phenoxy) is 1. The number of nitrogens with zero attached hydrogens (tertiary/aromatic N) is 2. The third-order valence-electron chi connectivity index (χ3n) is 4.13. The second kappa shape index (κ2) is 12.4. The molecule has 1 amide bonds. The number of aliphatic imine (C=N–C) groups is 1. The molecule has 0 unspecified atom stereocenters. The number of benzene rings is 1. The highest BCUT2D eigenvalue weighted by molar-refractivity contribution is 14.0. The fourth-order valence-corrected chi connectivity index (χ4v) is 3.08. The summed E-state index contributed by atoms with van der Waals surface area (Å²) in [5.41, 5.74) is 0.544. The second-order valence-electron chi connectivity index (χ2n) is 6.04. The number of nitrogens with one attached hydrogen (secondary N) is 2. The first kappa shape index (κ1) is 23.9. The number of piperidine rings is 1. The lowest BCUT2D eigenvalue weighted by molar-refractivity contribution is 0.0963. The standard InChI is InChI=1S/C18H26BrFN4O2.HI/c1-3-21-17(22-12-13-5-6-14(19)11-16(13)20)23-15-7-9-24(10-8-15)18(25)26-4-2;/h5-6,11,15H,3-4,7-10,12H2,1-2H3,(H2,21,22,23);1H. The Labute approximate surface area is 185 Å². The molecule has 2 rings (SSSR count). The Kier molecular flexibility index (Phi) is 11.0. The highest BCUT2D eigenvalue weighted by Gasteiger charge is 2.24. The van der Waals surface area contributed by atoms with E-state index in [1.54, 1.807) is 24.0 Å². The van der Waals surface area contributed by atoms with Crippen LogP contribution >= 0.6 is 39.9 Å². The molecule has 0 atom stereocenters. The topological polar surface area (TPSA) is 66.0 Å². The molecule has 1 heterocycles. The zero-order valence-electron chi connectivity index (χ0n) is 15.6. The molecule has 0 spiro atoms. The van der Waals surface area contributed by atoms with Gasteiger partial charge in [-0.05, 0) is 38.8 Å². The van der Waals surface area contributed by atoms with E-state index in [2.05, 4.69) is 31.6 Å². The summed E-state index contributed by atoms with van der Waals surface area (Å²) < 4.78 is 19.7. The van der Waals surface area contributed by atoms with E-state index in [0.29, 0.717) is 35.7 Å². The molecule has 1 aromatic rings. The van der Waals surface area contributed by atoms with Gasteiger partial charge in [0.2, 0.25) is 0 Å². The molecule has 0 bridgehead atoms. The number of amides is 1. The van der Waals surface area contributed by atoms with E-state index >= 15 is 0 Å². The molecule has 1 saturated heterocycles. The average molecular weight is 557 g/mol. The molecule has 27 heavy (non-hydrogen) atoms. The molecule has 1 aromatic carbocycles. The highest BCUT2D eigenvalue weighted by Crippen LogP contribution is 2.16. The fourth-order valence-electron chi connectivity index (χ4n) is 2.75. The van der Waals surface area contributed by atoms with E-state index in [4.69, 9.17) is 4.74 Å². The summed E-state index contributed by atoms with van der Waals surface area (Å²) in [7, 11) is 0. The van der Waals surface area contributed by atoms with Crippen LogP contribution in [0.1, 0.15) is 32.3 Å². The van der Waals surface area contributed by atoms with Crippen LogP contribution < -0.4 is 10.6 Å². The van der Waals surface area contributed by atoms with Gasteiger partial charge in [0, 0.05) is 35.7 Å². The zero-order valence-corrected chi connectivity index (χ0v) is 19.6. The van der Waals surface area contributed by atoms with Gasteiger partial charge in [-0.15, -0.1) is 24.0 Å². The maximum Gasteiger partial charge on any atom is 0.409 e. The smallest absolute Gasteiger partial charge is 0.409 e. The Bertz CT molecular complexity index is 640. The van der Waals surface area contributed by atoms with Crippen molar-refractivity contribution in [2.45, 2.75) is 39.3 Å². The van der Waals surface area contributed by atoms with E-state index < -0.39 is 0 Å². The lowest BCUT2D eigenvalue weighted by atomic mass is 10.1. The minimum Gasteiger partial charge on any atom is -0.450 e. The number of likely N-dealkylation sites (tertiary alicyclic amines) is 1. The number of hydrogen-bond acceptors (Lipinski definition) is 3. The van der Waals surface area contributed by atoms with E-state index in [0.717, 1.165) is 19.4 Å². The molecule has 9 heteroatoms. The van der Waals surface area contributed by atoms with Crippen molar-refractivity contribution in [3.8, 4) is 0 Å². The molecule has 0 aromatic heterocycles. The van der Waals surface area contributed by atoms with Gasteiger partial charge in [-0.25, -0.2) is 14.2 Å². The van der Waals surface area contributed by atoms with Crippen molar-refractivity contribution in [2.75, 3.05) is 26.2 Å². The van der Waals surface area contributed by atoms with Crippen LogP contribution in [0.4, 0.5) is 9.18 Å². The molecule has 0 aliphatic carbocycles. The first-order valence-corrected chi connectivity index (χ1v) is 9.73. The van der Waals surface area contributed by atoms with Crippen LogP contribution in [0.2, 0.25) is 0 Å². The van der Waals surface area contributed by atoms with Crippen molar-refractivity contribution in [3.05, 3.63) is 34.1 Å². The molecule has 0 saturated carbocycles. The number of carbonyl (C=O) groups is 1. The molecule has 1 fully saturated rings. The van der Waals surface area contributed by atoms with Crippen LogP contribution in [0.5, 0.6) is 0 Å². The summed E-state index contributed by atoms with van der Waals surface area (Å²) >= 11 is 3.25. The van der Waals surface area contributed by atoms with E-state index in [1.165, 1.54) is 6.07 Å². The van der Waals surface area contributed by atoms with Crippen molar-refractivity contribution in [1.82, 2.24) is 15.5 Å². The third kappa shape index (κ3) is 7.81. The predicted molar refractivity (Wildman–Crippen MR) is 119 cm³/mol. The monoisotopic (exact) mass is 556 g/mol. The van der Waals surface area contributed by atoms with Gasteiger partial charge in [-0.2, -0.15) is 0 Å². The predicted octanol–water partition coefficient (Wildman–Crippen LogP) is 3.88. The van der Waals surface area contributed by atoms with E-state index in [9.17, 15) is 9.18 Å². The van der Waals surface area contributed by atoms with E-state index in [-0.39, 0.29) is 48.5 Å². The summed E-state index contributed by atoms with van der Waals surface area (Å²) in [6, 6.07) is 5.19. The van der Waals surface area contributed by atoms with E-state index in [1.807, 2.05) is 6.92 Å². The van der Waals surface area contributed by atoms with Gasteiger partial charge in [-0.3, -0.25) is 0 Å². The number of carbonyl (C=O) groups excluding carboxylic acids is 1. The minimum absolute atomic E-state index is 0. The minimum atomic E-state index is -0.276. The Morgan fingerprint density at radius 3 is 2.67 bits per heavy atom. The molecular weight excluding hydrogens is 530 g/mol. The summed E-state index contributed by atoms with van der Waals surface area (Å²) in [6.07, 6.45) is 1.38. The summed E-state index contributed by atoms with van der Waals surface area (Å²) in [6.45, 7) is 6.46. The van der Waals surface area contributed by atoms with Crippen molar-refractivity contribution in [3.63, 3.8) is 0 Å². The van der Waals surface area contributed by atoms with Gasteiger partial charge in [0.05, 0.1) is 13.2 Å². The van der Waals surface area contributed by atoms with Crippen LogP contribution in [0.25, 0.3) is 0 Å². The van der Waals surface area contributed by atoms with Gasteiger partial charge in [-0.1, -0.05) is 22.0 Å². The van der Waals surface area contributed by atoms with Crippen LogP contribution in [-0.4, -0.2) is 49.2 Å². The molecule has 0 radical (unpaired) electrons. The maximum absolute atomic E-state index is 13.9. The first-order valence-electron chi connectivity index (χ1n) is 8.94. The van der Waals surface area contributed by atoms with Crippen molar-refractivity contribution < 1.29 is 13.9 Å². The SMILES string of the molecule is CCNC(=NCc1ccc(Br)cc1F)NC1CCN(C(=O)OCC)CC1.I. The van der Waals surface area contributed by atoms with Crippen molar-refractivity contribution in [1.29, 1.82) is 0 Å². The van der Waals surface area contributed by atoms with Gasteiger partial charge >= 0.3 is 6.09 Å². The molecule has 1 aliphatic rings. The number of guanidine groups is 1. The molecule has 6 nitrogen and oxygen atoms in total. The zero-order chi connectivity index (χ0) is 18.9. The highest BCUT2D eigenvalue weighted by atomic mass is 127. The largest absolute Gasteiger partial charge is 0.450 e. The van der Waals surface area contributed by atoms with Crippen LogP contribution in [0.3, 0.4) is 0 Å². The molecular formula is C18H27BrFIN4O2. The Hall–Kier alpha value is -1.10. The quantitative estimate of drug-likeness (QED) is 0.328. The summed E-state index contributed by atoms with van der Waals surface area (Å²) in [5.74, 6) is 0.381. The van der Waals surface area contributed by atoms with Crippen LogP contribution in [0, 0.1) is 5.82 Å². The second-order valence-corrected chi connectivity index (χ2v) is 6.95. The molecule has 2 N–H and O–H groups in total. The Balaban J connectivity index is 0.00000364. The number of rotatable bonds is 5. The first-order chi connectivity index (χ1) is 12.5. The van der Waals surface area contributed by atoms with Crippen molar-refractivity contribution >= 4 is 52.0 Å². The van der Waals surface area contributed by atoms with Gasteiger partial charge in [0.25, 0.3) is 0 Å². The summed E-state index contributed by atoms with van der Waals surface area (Å²) in [5, 5.41) is 6.57. The van der Waals surface area contributed by atoms with Crippen LogP contribution in [0.15, 0.2) is 27.7 Å². The normalized spacial score (nSPS) is 15.1. The van der Waals surface area contributed by atoms with Crippen LogP contribution in [-0.2, 0) is 11.3 Å². The Morgan fingerprint density at radius 1 is 1.37 bits per heavy atom. The maximum atomic E-state index is 13.9. The molecule has 1 aliphatic heterocycles. The summed E-state index contributed by atoms with van der Waals surface area (Å²) in [4.78, 5) is 18.0. The Morgan fingerprint density at radius 2 is 2.07 bits per heavy atom. The lowest BCUT2D eigenvalue weighted by Crippen LogP contribution is -2.49. The fraction of sp³-hybridized carbons (Fsp3) is 0.556. The van der Waals surface area contributed by atoms with Gasteiger partial charge < -0.3 is 20.3 Å². The molecule has 152 valence electrons. The van der Waals surface area contributed by atoms with Gasteiger partial charge in [0.1, 0.15) is 5.82 Å². The lowest BCUT2D eigenvalue weighted by Gasteiger charge is -2.32. The van der Waals surface area contributed by atoms with Crippen molar-refractivity contribution in [2.24, 2.45) is 4.99 Å². The number of halogens is 3. The average Bonchev–Trinajstić information content (AvgIpc) is 2.62. The number of hydrogen-bond donors (Lipinski definition) is 2. The third-order valence-corrected chi connectivity index (χ3v) is 4.62. The van der Waals surface area contributed by atoms with Gasteiger partial charge in [0.15, 0.2) is 5.96 Å².